The molecule has 2 saturated carbocycles. The fourth-order valence-electron chi connectivity index (χ4n) is 6.05. The number of nitrogens with two attached hydrogens (primary N) is 1. The zero-order valence-electron chi connectivity index (χ0n) is 19.2. The number of piperidine rings is 1. The molecule has 2 aromatic rings. The first-order chi connectivity index (χ1) is 15.9. The van der Waals surface area contributed by atoms with Gasteiger partial charge in [-0.2, -0.15) is 13.9 Å². The Morgan fingerprint density at radius 2 is 1.88 bits per heavy atom. The predicted octanol–water partition coefficient (Wildman–Crippen LogP) is 3.91. The number of aliphatic hydroxyl groups excluding tert-OH is 1. The smallest absolute Gasteiger partial charge is 0.387 e. The average Bonchev–Trinajstić information content (AvgIpc) is 3.15. The number of anilines is 1. The Hall–Kier alpha value is -2.26. The molecule has 7 nitrogen and oxygen atoms in total. The number of pyridine rings is 1. The highest BCUT2D eigenvalue weighted by Crippen LogP contribution is 2.64. The second-order valence-electron chi connectivity index (χ2n) is 10.1. The van der Waals surface area contributed by atoms with Gasteiger partial charge in [-0.05, 0) is 82.5 Å². The molecule has 2 aromatic heterocycles. The van der Waals surface area contributed by atoms with Crippen LogP contribution in [0, 0.1) is 17.8 Å². The Morgan fingerprint density at radius 3 is 2.48 bits per heavy atom. The third kappa shape index (κ3) is 4.33. The Morgan fingerprint density at radius 1 is 1.18 bits per heavy atom. The molecule has 5 rings (SSSR count). The van der Waals surface area contributed by atoms with E-state index in [9.17, 15) is 13.9 Å². The summed E-state index contributed by atoms with van der Waals surface area (Å²) in [4.78, 5) is 6.66. The fourth-order valence-corrected chi connectivity index (χ4v) is 6.05. The summed E-state index contributed by atoms with van der Waals surface area (Å²) in [5.41, 5.74) is 8.25. The van der Waals surface area contributed by atoms with Crippen molar-refractivity contribution < 1.29 is 18.6 Å². The lowest BCUT2D eigenvalue weighted by molar-refractivity contribution is -0.0494. The number of hydrogen-bond donors (Lipinski definition) is 2. The van der Waals surface area contributed by atoms with E-state index in [1.165, 1.54) is 24.6 Å². The third-order valence-corrected chi connectivity index (χ3v) is 7.83. The molecule has 0 aromatic carbocycles. The highest BCUT2D eigenvalue weighted by molar-refractivity contribution is 5.64. The number of alkyl halides is 2. The van der Waals surface area contributed by atoms with Crippen LogP contribution in [-0.2, 0) is 0 Å². The first kappa shape index (κ1) is 22.5. The van der Waals surface area contributed by atoms with Crippen molar-refractivity contribution in [2.45, 2.75) is 64.1 Å². The number of halogens is 2. The van der Waals surface area contributed by atoms with Gasteiger partial charge in [0.1, 0.15) is 0 Å². The minimum atomic E-state index is -2.96. The Balaban J connectivity index is 1.31. The van der Waals surface area contributed by atoms with E-state index >= 15 is 0 Å². The van der Waals surface area contributed by atoms with Crippen LogP contribution in [0.5, 0.6) is 5.75 Å². The second-order valence-corrected chi connectivity index (χ2v) is 10.1. The summed E-state index contributed by atoms with van der Waals surface area (Å²) >= 11 is 0. The van der Waals surface area contributed by atoms with Gasteiger partial charge in [0.15, 0.2) is 11.6 Å². The monoisotopic (exact) mass is 461 g/mol. The van der Waals surface area contributed by atoms with Gasteiger partial charge in [0.25, 0.3) is 0 Å². The van der Waals surface area contributed by atoms with E-state index in [2.05, 4.69) is 39.2 Å². The number of likely N-dealkylation sites (tertiary alicyclic amines) is 1. The van der Waals surface area contributed by atoms with Gasteiger partial charge in [0, 0.05) is 42.1 Å². The molecule has 1 aliphatic heterocycles. The molecule has 2 aliphatic carbocycles. The van der Waals surface area contributed by atoms with E-state index < -0.39 is 6.61 Å². The molecular formula is C24H33F2N5O2. The summed E-state index contributed by atoms with van der Waals surface area (Å²) in [7, 11) is 0. The third-order valence-electron chi connectivity index (χ3n) is 7.83. The lowest BCUT2D eigenvalue weighted by Crippen LogP contribution is -2.41. The number of ether oxygens (including phenoxy) is 1. The number of aromatic nitrogens is 3. The van der Waals surface area contributed by atoms with Crippen molar-refractivity contribution in [3.05, 3.63) is 24.0 Å². The molecule has 33 heavy (non-hydrogen) atoms. The average molecular weight is 462 g/mol. The summed E-state index contributed by atoms with van der Waals surface area (Å²) in [6, 6.07) is 4.43. The molecule has 180 valence electrons. The number of hydrogen-bond acceptors (Lipinski definition) is 6. The molecule has 0 radical (unpaired) electrons. The van der Waals surface area contributed by atoms with Crippen LogP contribution < -0.4 is 10.5 Å². The molecule has 3 N–H and O–H groups in total. The zero-order chi connectivity index (χ0) is 23.3. The number of aliphatic hydroxyl groups is 1. The van der Waals surface area contributed by atoms with Gasteiger partial charge in [-0.25, -0.2) is 4.98 Å². The van der Waals surface area contributed by atoms with Crippen LogP contribution in [0.15, 0.2) is 18.3 Å². The predicted molar refractivity (Wildman–Crippen MR) is 121 cm³/mol. The molecule has 9 heteroatoms. The maximum absolute atomic E-state index is 12.7. The van der Waals surface area contributed by atoms with Crippen LogP contribution in [0.1, 0.15) is 57.2 Å². The van der Waals surface area contributed by atoms with Crippen LogP contribution in [0.25, 0.3) is 11.3 Å². The van der Waals surface area contributed by atoms with Crippen molar-refractivity contribution >= 4 is 5.82 Å². The lowest BCUT2D eigenvalue weighted by atomic mass is 9.94. The SMILES string of the molecule is CC(C)n1nc(-c2cnc(N)c(OC(F)F)c2)cc1[C@H]1[C@@H]2C[C@@H](N3CCC(CO)CC3)C[C@@H]21. The minimum Gasteiger partial charge on any atom is -0.431 e. The summed E-state index contributed by atoms with van der Waals surface area (Å²) in [6.07, 6.45) is 6.19. The largest absolute Gasteiger partial charge is 0.431 e. The van der Waals surface area contributed by atoms with Crippen LogP contribution in [-0.4, -0.2) is 57.1 Å². The molecule has 4 atom stereocenters. The molecule has 1 saturated heterocycles. The summed E-state index contributed by atoms with van der Waals surface area (Å²) in [5.74, 6) is 2.13. The van der Waals surface area contributed by atoms with Gasteiger partial charge in [0.05, 0.1) is 5.69 Å². The number of fused-ring (bicyclic) bond motifs is 1. The summed E-state index contributed by atoms with van der Waals surface area (Å²) < 4.78 is 32.0. The van der Waals surface area contributed by atoms with Crippen LogP contribution in [0.3, 0.4) is 0 Å². The van der Waals surface area contributed by atoms with E-state index in [0.717, 1.165) is 25.9 Å². The molecule has 3 heterocycles. The van der Waals surface area contributed by atoms with Gasteiger partial charge >= 0.3 is 6.61 Å². The maximum atomic E-state index is 12.7. The van der Waals surface area contributed by atoms with Crippen LogP contribution >= 0.6 is 0 Å². The standard InChI is InChI=1S/C24H33F2N5O2/c1-13(2)31-20(10-19(29-31)15-7-21(33-24(25)26)23(27)28-11-15)22-17-8-16(9-18(17)22)30-5-3-14(12-32)4-6-30/h7,10-11,13-14,16-18,22,24,32H,3-6,8-9,12H2,1-2H3,(H2,27,28)/t16-,17-,18+,22+. The lowest BCUT2D eigenvalue weighted by Gasteiger charge is -2.36. The minimum absolute atomic E-state index is 0.0617. The van der Waals surface area contributed by atoms with Crippen molar-refractivity contribution in [3.63, 3.8) is 0 Å². The molecule has 3 aliphatic rings. The number of nitrogens with zero attached hydrogens (tertiary/aromatic N) is 4. The van der Waals surface area contributed by atoms with Crippen LogP contribution in [0.4, 0.5) is 14.6 Å². The van der Waals surface area contributed by atoms with Crippen molar-refractivity contribution in [1.29, 1.82) is 0 Å². The van der Waals surface area contributed by atoms with Crippen molar-refractivity contribution in [2.24, 2.45) is 17.8 Å². The molecule has 0 bridgehead atoms. The van der Waals surface area contributed by atoms with Gasteiger partial charge in [-0.15, -0.1) is 0 Å². The van der Waals surface area contributed by atoms with Gasteiger partial charge in [-0.3, -0.25) is 4.68 Å². The first-order valence-electron chi connectivity index (χ1n) is 12.0. The van der Waals surface area contributed by atoms with E-state index in [1.54, 1.807) is 6.20 Å². The summed E-state index contributed by atoms with van der Waals surface area (Å²) in [5, 5.41) is 14.2. The number of rotatable bonds is 7. The quantitative estimate of drug-likeness (QED) is 0.650. The van der Waals surface area contributed by atoms with Crippen molar-refractivity contribution in [3.8, 4) is 17.0 Å². The van der Waals surface area contributed by atoms with Gasteiger partial charge in [-0.1, -0.05) is 0 Å². The molecule has 0 amide bonds. The van der Waals surface area contributed by atoms with E-state index in [1.807, 2.05) is 0 Å². The molecule has 0 spiro atoms. The normalized spacial score (nSPS) is 28.0. The van der Waals surface area contributed by atoms with Gasteiger partial charge < -0.3 is 20.5 Å². The first-order valence-corrected chi connectivity index (χ1v) is 12.0. The van der Waals surface area contributed by atoms with Crippen molar-refractivity contribution in [1.82, 2.24) is 19.7 Å². The Bertz CT molecular complexity index is 977. The molecular weight excluding hydrogens is 428 g/mol. The van der Waals surface area contributed by atoms with E-state index in [4.69, 9.17) is 10.8 Å². The number of nitrogen functional groups attached to an aromatic ring is 1. The topological polar surface area (TPSA) is 89.4 Å². The van der Waals surface area contributed by atoms with Crippen molar-refractivity contribution in [2.75, 3.05) is 25.4 Å². The van der Waals surface area contributed by atoms with Crippen LogP contribution in [0.2, 0.25) is 0 Å². The Labute approximate surface area is 192 Å². The molecule has 0 unspecified atom stereocenters. The molecule has 3 fully saturated rings. The second kappa shape index (κ2) is 8.83. The highest BCUT2D eigenvalue weighted by atomic mass is 19.3. The van der Waals surface area contributed by atoms with Gasteiger partial charge in [0.2, 0.25) is 0 Å². The fraction of sp³-hybridized carbons (Fsp3) is 0.667. The van der Waals surface area contributed by atoms with E-state index in [0.29, 0.717) is 47.6 Å². The summed E-state index contributed by atoms with van der Waals surface area (Å²) in [6.45, 7) is 3.77. The Kier molecular flexibility index (Phi) is 6.03. The van der Waals surface area contributed by atoms with E-state index in [-0.39, 0.29) is 17.6 Å². The maximum Gasteiger partial charge on any atom is 0.387 e. The highest BCUT2D eigenvalue weighted by Gasteiger charge is 2.58. The zero-order valence-corrected chi connectivity index (χ0v) is 19.2.